The predicted octanol–water partition coefficient (Wildman–Crippen LogP) is 4.57. The molecule has 1 saturated heterocycles. The molecule has 1 aliphatic heterocycles. The number of phenolic OH excluding ortho intramolecular Hbond substituents is 1. The summed E-state index contributed by atoms with van der Waals surface area (Å²) in [4.78, 5) is 14.9. The SMILES string of the molecule is COc1ccc(CN2C(=O)C(=Cc3cc(Br)c(O)c(OC)c3)SC2=S)cc1. The molecule has 2 aromatic rings. The molecule has 1 amide bonds. The maximum absolute atomic E-state index is 12.8. The number of methoxy groups -OCH3 is 2. The summed E-state index contributed by atoms with van der Waals surface area (Å²) in [7, 11) is 3.08. The molecule has 0 unspecified atom stereocenters. The monoisotopic (exact) mass is 465 g/mol. The van der Waals surface area contributed by atoms with Crippen LogP contribution in [0.15, 0.2) is 45.8 Å². The van der Waals surface area contributed by atoms with E-state index in [1.54, 1.807) is 30.2 Å². The minimum absolute atomic E-state index is 0.0155. The second-order valence-electron chi connectivity index (χ2n) is 5.67. The van der Waals surface area contributed by atoms with E-state index in [1.807, 2.05) is 24.3 Å². The predicted molar refractivity (Wildman–Crippen MR) is 114 cm³/mol. The van der Waals surface area contributed by atoms with Crippen molar-refractivity contribution in [3.63, 3.8) is 0 Å². The maximum atomic E-state index is 12.8. The highest BCUT2D eigenvalue weighted by atomic mass is 79.9. The van der Waals surface area contributed by atoms with Gasteiger partial charge in [-0.05, 0) is 57.4 Å². The molecular formula is C19H16BrNO4S2. The minimum atomic E-state index is -0.149. The molecule has 0 atom stereocenters. The minimum Gasteiger partial charge on any atom is -0.503 e. The Morgan fingerprint density at radius 2 is 1.93 bits per heavy atom. The number of phenols is 1. The zero-order valence-electron chi connectivity index (χ0n) is 14.6. The Bertz CT molecular complexity index is 928. The Morgan fingerprint density at radius 3 is 2.56 bits per heavy atom. The Kier molecular flexibility index (Phi) is 6.08. The molecule has 3 rings (SSSR count). The standard InChI is InChI=1S/C19H16BrNO4S2/c1-24-13-5-3-11(4-6-13)10-21-18(23)16(27-19(21)26)9-12-7-14(20)17(22)15(8-12)25-2/h3-9,22H,10H2,1-2H3. The summed E-state index contributed by atoms with van der Waals surface area (Å²) in [5.74, 6) is 0.950. The molecule has 0 aromatic heterocycles. The van der Waals surface area contributed by atoms with E-state index in [9.17, 15) is 9.90 Å². The third-order valence-corrected chi connectivity index (χ3v) is 5.92. The molecule has 5 nitrogen and oxygen atoms in total. The number of thiocarbonyl (C=S) groups is 1. The van der Waals surface area contributed by atoms with Crippen molar-refractivity contribution in [2.24, 2.45) is 0 Å². The quantitative estimate of drug-likeness (QED) is 0.515. The second-order valence-corrected chi connectivity index (χ2v) is 8.20. The number of aromatic hydroxyl groups is 1. The van der Waals surface area contributed by atoms with Gasteiger partial charge in [0.2, 0.25) is 0 Å². The van der Waals surface area contributed by atoms with Crippen LogP contribution in [0.5, 0.6) is 17.2 Å². The first-order valence-corrected chi connectivity index (χ1v) is 9.89. The molecule has 0 radical (unpaired) electrons. The van der Waals surface area contributed by atoms with Crippen LogP contribution in [0.2, 0.25) is 0 Å². The van der Waals surface area contributed by atoms with Gasteiger partial charge in [0.15, 0.2) is 11.5 Å². The molecular weight excluding hydrogens is 450 g/mol. The molecule has 0 saturated carbocycles. The van der Waals surface area contributed by atoms with Crippen molar-refractivity contribution >= 4 is 56.2 Å². The number of hydrogen-bond donors (Lipinski definition) is 1. The van der Waals surface area contributed by atoms with E-state index in [0.717, 1.165) is 16.9 Å². The average Bonchev–Trinajstić information content (AvgIpc) is 2.92. The summed E-state index contributed by atoms with van der Waals surface area (Å²) < 4.78 is 11.3. The number of nitrogens with zero attached hydrogens (tertiary/aromatic N) is 1. The fourth-order valence-corrected chi connectivity index (χ4v) is 4.25. The van der Waals surface area contributed by atoms with Crippen molar-refractivity contribution in [3.05, 3.63) is 56.9 Å². The molecule has 2 aromatic carbocycles. The lowest BCUT2D eigenvalue weighted by Crippen LogP contribution is -2.27. The summed E-state index contributed by atoms with van der Waals surface area (Å²) in [5.41, 5.74) is 1.68. The van der Waals surface area contributed by atoms with Crippen LogP contribution < -0.4 is 9.47 Å². The van der Waals surface area contributed by atoms with E-state index in [-0.39, 0.29) is 11.7 Å². The Morgan fingerprint density at radius 1 is 1.22 bits per heavy atom. The van der Waals surface area contributed by atoms with Gasteiger partial charge in [0.05, 0.1) is 30.1 Å². The largest absolute Gasteiger partial charge is 0.503 e. The number of halogens is 1. The molecule has 140 valence electrons. The van der Waals surface area contributed by atoms with Gasteiger partial charge in [0.25, 0.3) is 5.91 Å². The fraction of sp³-hybridized carbons (Fsp3) is 0.158. The van der Waals surface area contributed by atoms with Crippen LogP contribution in [0.1, 0.15) is 11.1 Å². The normalized spacial score (nSPS) is 15.5. The summed E-state index contributed by atoms with van der Waals surface area (Å²) in [6.07, 6.45) is 1.74. The second kappa shape index (κ2) is 8.33. The average molecular weight is 466 g/mol. The van der Waals surface area contributed by atoms with E-state index in [0.29, 0.717) is 26.0 Å². The topological polar surface area (TPSA) is 59.0 Å². The van der Waals surface area contributed by atoms with Gasteiger partial charge in [-0.2, -0.15) is 0 Å². The van der Waals surface area contributed by atoms with Gasteiger partial charge in [0.1, 0.15) is 10.1 Å². The van der Waals surface area contributed by atoms with E-state index >= 15 is 0 Å². The number of rotatable bonds is 5. The third kappa shape index (κ3) is 4.28. The van der Waals surface area contributed by atoms with Gasteiger partial charge in [0, 0.05) is 0 Å². The van der Waals surface area contributed by atoms with Crippen LogP contribution in [0, 0.1) is 0 Å². The van der Waals surface area contributed by atoms with Gasteiger partial charge in [-0.1, -0.05) is 36.1 Å². The smallest absolute Gasteiger partial charge is 0.266 e. The highest BCUT2D eigenvalue weighted by molar-refractivity contribution is 9.10. The van der Waals surface area contributed by atoms with Crippen molar-refractivity contribution in [1.29, 1.82) is 0 Å². The van der Waals surface area contributed by atoms with Crippen LogP contribution in [0.25, 0.3) is 6.08 Å². The van der Waals surface area contributed by atoms with E-state index < -0.39 is 0 Å². The lowest BCUT2D eigenvalue weighted by Gasteiger charge is -2.14. The summed E-state index contributed by atoms with van der Waals surface area (Å²) in [5, 5.41) is 9.92. The Balaban J connectivity index is 1.83. The first-order valence-electron chi connectivity index (χ1n) is 7.87. The summed E-state index contributed by atoms with van der Waals surface area (Å²) in [6, 6.07) is 10.9. The zero-order valence-corrected chi connectivity index (χ0v) is 17.8. The number of benzene rings is 2. The van der Waals surface area contributed by atoms with Gasteiger partial charge < -0.3 is 14.6 Å². The molecule has 1 N–H and O–H groups in total. The van der Waals surface area contributed by atoms with E-state index in [1.165, 1.54) is 18.9 Å². The highest BCUT2D eigenvalue weighted by Gasteiger charge is 2.32. The van der Waals surface area contributed by atoms with Crippen molar-refractivity contribution in [2.45, 2.75) is 6.54 Å². The number of carbonyl (C=O) groups is 1. The van der Waals surface area contributed by atoms with Gasteiger partial charge >= 0.3 is 0 Å². The molecule has 1 aliphatic rings. The first kappa shape index (κ1) is 19.7. The molecule has 1 fully saturated rings. The van der Waals surface area contributed by atoms with Crippen molar-refractivity contribution < 1.29 is 19.4 Å². The molecule has 8 heteroatoms. The van der Waals surface area contributed by atoms with Gasteiger partial charge in [-0.25, -0.2) is 0 Å². The Hall–Kier alpha value is -2.03. The number of amides is 1. The lowest BCUT2D eigenvalue weighted by molar-refractivity contribution is -0.122. The number of ether oxygens (including phenoxy) is 2. The van der Waals surface area contributed by atoms with Crippen LogP contribution in [-0.2, 0) is 11.3 Å². The number of thioether (sulfide) groups is 1. The van der Waals surface area contributed by atoms with Crippen molar-refractivity contribution in [2.75, 3.05) is 14.2 Å². The van der Waals surface area contributed by atoms with Gasteiger partial charge in [-0.3, -0.25) is 9.69 Å². The molecule has 27 heavy (non-hydrogen) atoms. The van der Waals surface area contributed by atoms with Crippen molar-refractivity contribution in [3.8, 4) is 17.2 Å². The Labute approximate surface area is 175 Å². The molecule has 0 aliphatic carbocycles. The molecule has 1 heterocycles. The maximum Gasteiger partial charge on any atom is 0.266 e. The highest BCUT2D eigenvalue weighted by Crippen LogP contribution is 2.38. The summed E-state index contributed by atoms with van der Waals surface area (Å²) in [6.45, 7) is 0.397. The number of carbonyl (C=O) groups excluding carboxylic acids is 1. The summed E-state index contributed by atoms with van der Waals surface area (Å²) >= 11 is 9.92. The number of hydrogen-bond acceptors (Lipinski definition) is 6. The van der Waals surface area contributed by atoms with E-state index in [2.05, 4.69) is 15.9 Å². The first-order chi connectivity index (χ1) is 12.9. The third-order valence-electron chi connectivity index (χ3n) is 3.94. The van der Waals surface area contributed by atoms with Crippen LogP contribution in [0.3, 0.4) is 0 Å². The van der Waals surface area contributed by atoms with Crippen LogP contribution in [-0.4, -0.2) is 34.5 Å². The molecule has 0 spiro atoms. The molecule has 0 bridgehead atoms. The van der Waals surface area contributed by atoms with Crippen LogP contribution in [0.4, 0.5) is 0 Å². The lowest BCUT2D eigenvalue weighted by atomic mass is 10.1. The van der Waals surface area contributed by atoms with E-state index in [4.69, 9.17) is 21.7 Å². The van der Waals surface area contributed by atoms with Crippen molar-refractivity contribution in [1.82, 2.24) is 4.90 Å². The fourth-order valence-electron chi connectivity index (χ4n) is 2.53. The zero-order chi connectivity index (χ0) is 19.6. The van der Waals surface area contributed by atoms with Crippen LogP contribution >= 0.6 is 39.9 Å². The van der Waals surface area contributed by atoms with Gasteiger partial charge in [-0.15, -0.1) is 0 Å².